The molecule has 0 radical (unpaired) electrons. The van der Waals surface area contributed by atoms with E-state index in [0.717, 1.165) is 31.0 Å². The number of nitrogens with zero attached hydrogens (tertiary/aromatic N) is 3. The highest BCUT2D eigenvalue weighted by molar-refractivity contribution is 5.65. The van der Waals surface area contributed by atoms with Crippen LogP contribution in [-0.2, 0) is 6.18 Å². The molecule has 1 aromatic rings. The normalized spacial score (nSPS) is 22.6. The van der Waals surface area contributed by atoms with Crippen molar-refractivity contribution >= 4 is 18.0 Å². The lowest BCUT2D eigenvalue weighted by Gasteiger charge is -2.23. The summed E-state index contributed by atoms with van der Waals surface area (Å²) in [5, 5.41) is 5.42. The highest BCUT2D eigenvalue weighted by atomic mass is 19.4. The minimum atomic E-state index is -4.51. The van der Waals surface area contributed by atoms with Crippen LogP contribution in [0.4, 0.5) is 24.9 Å². The molecule has 2 aliphatic rings. The van der Waals surface area contributed by atoms with Gasteiger partial charge in [-0.1, -0.05) is 24.3 Å². The lowest BCUT2D eigenvalue weighted by Crippen LogP contribution is -2.17. The van der Waals surface area contributed by atoms with Gasteiger partial charge in [0, 0.05) is 19.5 Å². The summed E-state index contributed by atoms with van der Waals surface area (Å²) in [7, 11) is 1.39. The summed E-state index contributed by atoms with van der Waals surface area (Å²) in [4.78, 5) is 12.1. The van der Waals surface area contributed by atoms with Gasteiger partial charge < -0.3 is 10.6 Å². The highest BCUT2D eigenvalue weighted by Crippen LogP contribution is 2.34. The molecule has 0 fully saturated rings. The van der Waals surface area contributed by atoms with Gasteiger partial charge in [-0.2, -0.15) is 18.2 Å². The molecule has 1 unspecified atom stereocenters. The first-order valence-corrected chi connectivity index (χ1v) is 7.98. The molecule has 25 heavy (non-hydrogen) atoms. The van der Waals surface area contributed by atoms with E-state index in [4.69, 9.17) is 0 Å². The quantitative estimate of drug-likeness (QED) is 0.860. The van der Waals surface area contributed by atoms with Crippen LogP contribution >= 0.6 is 0 Å². The Kier molecular flexibility index (Phi) is 4.87. The van der Waals surface area contributed by atoms with Crippen LogP contribution < -0.4 is 10.6 Å². The lowest BCUT2D eigenvalue weighted by atomic mass is 9.88. The fourth-order valence-corrected chi connectivity index (χ4v) is 2.84. The summed E-state index contributed by atoms with van der Waals surface area (Å²) in [6.07, 6.45) is 8.89. The summed E-state index contributed by atoms with van der Waals surface area (Å²) in [6, 6.07) is 0. The second-order valence-corrected chi connectivity index (χ2v) is 5.74. The van der Waals surface area contributed by atoms with Crippen molar-refractivity contribution in [1.82, 2.24) is 9.97 Å². The van der Waals surface area contributed by atoms with Crippen molar-refractivity contribution in [2.24, 2.45) is 10.9 Å². The summed E-state index contributed by atoms with van der Waals surface area (Å²) in [5.41, 5.74) is 0.112. The SMILES string of the molecule is CNc1nc(NC2=C3/C=C\C=C/CCC3CC=N2)ncc1C(F)(F)F. The van der Waals surface area contributed by atoms with Gasteiger partial charge in [0.05, 0.1) is 0 Å². The van der Waals surface area contributed by atoms with E-state index in [2.05, 4.69) is 31.7 Å². The Labute approximate surface area is 143 Å². The Hall–Kier alpha value is -2.64. The van der Waals surface area contributed by atoms with Gasteiger partial charge in [-0.15, -0.1) is 0 Å². The molecule has 0 bridgehead atoms. The molecule has 1 atom stereocenters. The van der Waals surface area contributed by atoms with E-state index < -0.39 is 11.7 Å². The predicted molar refractivity (Wildman–Crippen MR) is 91.3 cm³/mol. The third kappa shape index (κ3) is 3.89. The fraction of sp³-hybridized carbons (Fsp3) is 0.353. The van der Waals surface area contributed by atoms with Gasteiger partial charge in [0.15, 0.2) is 0 Å². The molecule has 3 rings (SSSR count). The average Bonchev–Trinajstić information content (AvgIpc) is 2.55. The minimum Gasteiger partial charge on any atom is -0.372 e. The summed E-state index contributed by atoms with van der Waals surface area (Å²) < 4.78 is 38.8. The van der Waals surface area contributed by atoms with E-state index in [9.17, 15) is 13.2 Å². The van der Waals surface area contributed by atoms with Crippen molar-refractivity contribution in [3.63, 3.8) is 0 Å². The van der Waals surface area contributed by atoms with E-state index in [-0.39, 0.29) is 11.8 Å². The first-order chi connectivity index (χ1) is 12.0. The van der Waals surface area contributed by atoms with E-state index in [1.165, 1.54) is 7.05 Å². The van der Waals surface area contributed by atoms with E-state index in [0.29, 0.717) is 11.7 Å². The molecule has 0 saturated heterocycles. The monoisotopic (exact) mass is 349 g/mol. The molecule has 2 heterocycles. The molecule has 1 aromatic heterocycles. The number of hydrogen-bond donors (Lipinski definition) is 2. The number of fused-ring (bicyclic) bond motifs is 1. The maximum absolute atomic E-state index is 12.9. The molecule has 0 aromatic carbocycles. The molecular formula is C17H18F3N5. The predicted octanol–water partition coefficient (Wildman–Crippen LogP) is 4.16. The number of anilines is 2. The van der Waals surface area contributed by atoms with Gasteiger partial charge in [-0.05, 0) is 30.8 Å². The standard InChI is InChI=1S/C17H18F3N5/c1-21-15-13(17(18,19)20)10-23-16(25-15)24-14-12-7-5-3-2-4-6-11(12)8-9-22-14/h2-3,5,7,9-11H,4,6,8H2,1H3,(H2,21,23,24,25)/b3-2-,7-5-. The second kappa shape index (κ2) is 7.08. The number of hydrogen-bond acceptors (Lipinski definition) is 5. The van der Waals surface area contributed by atoms with Gasteiger partial charge in [-0.3, -0.25) is 0 Å². The van der Waals surface area contributed by atoms with E-state index in [1.54, 1.807) is 0 Å². The average molecular weight is 349 g/mol. The zero-order chi connectivity index (χ0) is 17.9. The topological polar surface area (TPSA) is 62.2 Å². The summed E-state index contributed by atoms with van der Waals surface area (Å²) in [6.45, 7) is 0. The molecule has 0 amide bonds. The van der Waals surface area contributed by atoms with E-state index in [1.807, 2.05) is 24.4 Å². The maximum atomic E-state index is 12.9. The van der Waals surface area contributed by atoms with Gasteiger partial charge in [-0.25, -0.2) is 9.98 Å². The van der Waals surface area contributed by atoms with Crippen LogP contribution in [0, 0.1) is 5.92 Å². The lowest BCUT2D eigenvalue weighted by molar-refractivity contribution is -0.137. The van der Waals surface area contributed by atoms with Gasteiger partial charge in [0.2, 0.25) is 5.95 Å². The largest absolute Gasteiger partial charge is 0.421 e. The Morgan fingerprint density at radius 1 is 1.24 bits per heavy atom. The smallest absolute Gasteiger partial charge is 0.372 e. The van der Waals surface area contributed by atoms with Crippen LogP contribution in [-0.4, -0.2) is 23.2 Å². The molecule has 1 aliphatic heterocycles. The van der Waals surface area contributed by atoms with Gasteiger partial charge in [0.1, 0.15) is 17.2 Å². The number of halogens is 3. The van der Waals surface area contributed by atoms with E-state index >= 15 is 0 Å². The van der Waals surface area contributed by atoms with Crippen molar-refractivity contribution < 1.29 is 13.2 Å². The first kappa shape index (κ1) is 17.2. The number of rotatable bonds is 3. The van der Waals surface area contributed by atoms with Gasteiger partial charge >= 0.3 is 6.18 Å². The zero-order valence-electron chi connectivity index (χ0n) is 13.6. The van der Waals surface area contributed by atoms with Crippen LogP contribution in [0.3, 0.4) is 0 Å². The van der Waals surface area contributed by atoms with Crippen LogP contribution in [0.15, 0.2) is 46.9 Å². The van der Waals surface area contributed by atoms with Crippen molar-refractivity contribution in [2.75, 3.05) is 17.7 Å². The molecule has 0 spiro atoms. The number of allylic oxidation sites excluding steroid dienone is 5. The molecule has 2 N–H and O–H groups in total. The van der Waals surface area contributed by atoms with Crippen molar-refractivity contribution in [3.8, 4) is 0 Å². The number of alkyl halides is 3. The van der Waals surface area contributed by atoms with Crippen molar-refractivity contribution in [3.05, 3.63) is 47.5 Å². The van der Waals surface area contributed by atoms with Crippen molar-refractivity contribution in [1.29, 1.82) is 0 Å². The molecule has 0 saturated carbocycles. The summed E-state index contributed by atoms with van der Waals surface area (Å²) >= 11 is 0. The minimum absolute atomic E-state index is 0.0728. The van der Waals surface area contributed by atoms with Gasteiger partial charge in [0.25, 0.3) is 0 Å². The third-order valence-electron chi connectivity index (χ3n) is 4.09. The molecular weight excluding hydrogens is 331 g/mol. The van der Waals surface area contributed by atoms with Crippen LogP contribution in [0.25, 0.3) is 0 Å². The third-order valence-corrected chi connectivity index (χ3v) is 4.09. The molecule has 8 heteroatoms. The Morgan fingerprint density at radius 2 is 2.08 bits per heavy atom. The fourth-order valence-electron chi connectivity index (χ4n) is 2.84. The Bertz CT molecular complexity index is 762. The van der Waals surface area contributed by atoms with Crippen LogP contribution in [0.1, 0.15) is 24.8 Å². The second-order valence-electron chi connectivity index (χ2n) is 5.74. The number of aliphatic imine (C=N–C) groups is 1. The highest BCUT2D eigenvalue weighted by Gasteiger charge is 2.35. The van der Waals surface area contributed by atoms with Crippen molar-refractivity contribution in [2.45, 2.75) is 25.4 Å². The van der Waals surface area contributed by atoms with Crippen LogP contribution in [0.5, 0.6) is 0 Å². The summed E-state index contributed by atoms with van der Waals surface area (Å²) in [5.74, 6) is 0.691. The zero-order valence-corrected chi connectivity index (χ0v) is 13.6. The first-order valence-electron chi connectivity index (χ1n) is 7.98. The maximum Gasteiger partial charge on any atom is 0.421 e. The molecule has 132 valence electrons. The Morgan fingerprint density at radius 3 is 2.84 bits per heavy atom. The Balaban J connectivity index is 1.93. The van der Waals surface area contributed by atoms with Crippen LogP contribution in [0.2, 0.25) is 0 Å². The number of nitrogens with one attached hydrogen (secondary N) is 2. The molecule has 5 nitrogen and oxygen atoms in total. The molecule has 1 aliphatic carbocycles. The number of aromatic nitrogens is 2.